The molecule has 0 bridgehead atoms. The van der Waals surface area contributed by atoms with Crippen LogP contribution < -0.4 is 0 Å². The molecular formula is C13H16O3. The van der Waals surface area contributed by atoms with Crippen LogP contribution in [-0.2, 0) is 4.74 Å². The number of hydrogen-bond donors (Lipinski definition) is 0. The average molecular weight is 220 g/mol. The molecule has 1 aromatic carbocycles. The second-order valence-electron chi connectivity index (χ2n) is 4.04. The van der Waals surface area contributed by atoms with E-state index in [2.05, 4.69) is 4.74 Å². The number of aryl methyl sites for hydroxylation is 1. The first-order valence-corrected chi connectivity index (χ1v) is 5.20. The highest BCUT2D eigenvalue weighted by molar-refractivity contribution is 6.00. The normalized spacial score (nSPS) is 10.3. The fourth-order valence-corrected chi connectivity index (χ4v) is 1.50. The van der Waals surface area contributed by atoms with Crippen molar-refractivity contribution >= 4 is 11.8 Å². The van der Waals surface area contributed by atoms with Gasteiger partial charge < -0.3 is 4.74 Å². The summed E-state index contributed by atoms with van der Waals surface area (Å²) in [5.41, 5.74) is 1.95. The molecule has 0 saturated heterocycles. The molecule has 0 amide bonds. The maximum atomic E-state index is 11.8. The van der Waals surface area contributed by atoms with Crippen molar-refractivity contribution < 1.29 is 14.3 Å². The number of Topliss-reactive ketones (excluding diaryl/α,β-unsaturated/α-hetero) is 1. The van der Waals surface area contributed by atoms with E-state index in [9.17, 15) is 9.59 Å². The Bertz CT molecular complexity index is 419. The van der Waals surface area contributed by atoms with Crippen molar-refractivity contribution in [3.63, 3.8) is 0 Å². The van der Waals surface area contributed by atoms with Gasteiger partial charge in [-0.2, -0.15) is 0 Å². The number of ether oxygens (including phenoxy) is 1. The van der Waals surface area contributed by atoms with Crippen molar-refractivity contribution in [3.05, 3.63) is 34.9 Å². The van der Waals surface area contributed by atoms with E-state index < -0.39 is 0 Å². The second kappa shape index (κ2) is 4.92. The van der Waals surface area contributed by atoms with E-state index in [0.717, 1.165) is 5.56 Å². The average Bonchev–Trinajstić information content (AvgIpc) is 2.26. The zero-order valence-corrected chi connectivity index (χ0v) is 10.0. The molecule has 0 radical (unpaired) electrons. The molecule has 0 fully saturated rings. The molecule has 0 unspecified atom stereocenters. The molecule has 0 aliphatic carbocycles. The van der Waals surface area contributed by atoms with Gasteiger partial charge in [-0.15, -0.1) is 0 Å². The van der Waals surface area contributed by atoms with Gasteiger partial charge >= 0.3 is 5.97 Å². The Labute approximate surface area is 95.4 Å². The molecule has 16 heavy (non-hydrogen) atoms. The van der Waals surface area contributed by atoms with E-state index in [-0.39, 0.29) is 17.7 Å². The number of benzene rings is 1. The van der Waals surface area contributed by atoms with Gasteiger partial charge in [-0.25, -0.2) is 4.79 Å². The van der Waals surface area contributed by atoms with Gasteiger partial charge in [-0.05, 0) is 24.6 Å². The van der Waals surface area contributed by atoms with Crippen LogP contribution in [0.1, 0.15) is 40.1 Å². The van der Waals surface area contributed by atoms with Crippen molar-refractivity contribution in [3.8, 4) is 0 Å². The van der Waals surface area contributed by atoms with Crippen molar-refractivity contribution in [2.75, 3.05) is 7.11 Å². The van der Waals surface area contributed by atoms with Gasteiger partial charge in [0.05, 0.1) is 12.7 Å². The number of carbonyl (C=O) groups is 2. The smallest absolute Gasteiger partial charge is 0.337 e. The summed E-state index contributed by atoms with van der Waals surface area (Å²) in [6.45, 7) is 5.54. The molecule has 0 spiro atoms. The summed E-state index contributed by atoms with van der Waals surface area (Å²) in [4.78, 5) is 23.1. The quantitative estimate of drug-likeness (QED) is 0.581. The van der Waals surface area contributed by atoms with E-state index in [1.165, 1.54) is 7.11 Å². The Kier molecular flexibility index (Phi) is 3.82. The van der Waals surface area contributed by atoms with Crippen molar-refractivity contribution in [2.24, 2.45) is 5.92 Å². The van der Waals surface area contributed by atoms with Gasteiger partial charge in [-0.1, -0.05) is 19.9 Å². The van der Waals surface area contributed by atoms with Crippen LogP contribution in [0.15, 0.2) is 18.2 Å². The molecule has 86 valence electrons. The van der Waals surface area contributed by atoms with Crippen LogP contribution in [0.5, 0.6) is 0 Å². The summed E-state index contributed by atoms with van der Waals surface area (Å²) in [5.74, 6) is -0.330. The van der Waals surface area contributed by atoms with E-state index in [0.29, 0.717) is 11.1 Å². The van der Waals surface area contributed by atoms with Crippen LogP contribution in [0.25, 0.3) is 0 Å². The zero-order valence-electron chi connectivity index (χ0n) is 10.0. The van der Waals surface area contributed by atoms with E-state index in [1.807, 2.05) is 20.8 Å². The fourth-order valence-electron chi connectivity index (χ4n) is 1.50. The molecule has 0 saturated carbocycles. The number of esters is 1. The summed E-state index contributed by atoms with van der Waals surface area (Å²) in [7, 11) is 1.34. The standard InChI is InChI=1S/C13H16O3/c1-8(2)12(14)11-6-5-10(7-9(11)3)13(15)16-4/h5-8H,1-4H3. The Morgan fingerprint density at radius 1 is 1.25 bits per heavy atom. The minimum Gasteiger partial charge on any atom is -0.465 e. The number of ketones is 1. The summed E-state index contributed by atoms with van der Waals surface area (Å²) in [6.07, 6.45) is 0. The summed E-state index contributed by atoms with van der Waals surface area (Å²) in [6, 6.07) is 4.99. The summed E-state index contributed by atoms with van der Waals surface area (Å²) < 4.78 is 4.62. The van der Waals surface area contributed by atoms with E-state index in [4.69, 9.17) is 0 Å². The first kappa shape index (κ1) is 12.4. The Balaban J connectivity index is 3.10. The van der Waals surface area contributed by atoms with Crippen LogP contribution in [0.3, 0.4) is 0 Å². The third kappa shape index (κ3) is 2.48. The lowest BCUT2D eigenvalue weighted by Crippen LogP contribution is -2.10. The molecule has 3 heteroatoms. The topological polar surface area (TPSA) is 43.4 Å². The first-order chi connectivity index (χ1) is 7.47. The predicted molar refractivity (Wildman–Crippen MR) is 61.7 cm³/mol. The number of rotatable bonds is 3. The maximum absolute atomic E-state index is 11.8. The minimum atomic E-state index is -0.383. The van der Waals surface area contributed by atoms with Gasteiger partial charge in [0.2, 0.25) is 0 Å². The maximum Gasteiger partial charge on any atom is 0.337 e. The molecule has 0 atom stereocenters. The monoisotopic (exact) mass is 220 g/mol. The van der Waals surface area contributed by atoms with Gasteiger partial charge in [0.1, 0.15) is 0 Å². The van der Waals surface area contributed by atoms with Crippen LogP contribution in [0.2, 0.25) is 0 Å². The van der Waals surface area contributed by atoms with E-state index >= 15 is 0 Å². The van der Waals surface area contributed by atoms with Gasteiger partial charge in [0.25, 0.3) is 0 Å². The van der Waals surface area contributed by atoms with E-state index in [1.54, 1.807) is 18.2 Å². The Morgan fingerprint density at radius 2 is 1.88 bits per heavy atom. The molecule has 0 aliphatic rings. The SMILES string of the molecule is COC(=O)c1ccc(C(=O)C(C)C)c(C)c1. The number of hydrogen-bond acceptors (Lipinski definition) is 3. The Hall–Kier alpha value is -1.64. The molecule has 0 heterocycles. The predicted octanol–water partition coefficient (Wildman–Crippen LogP) is 2.62. The van der Waals surface area contributed by atoms with Crippen LogP contribution >= 0.6 is 0 Å². The third-order valence-corrected chi connectivity index (χ3v) is 2.44. The lowest BCUT2D eigenvalue weighted by molar-refractivity contribution is 0.0600. The van der Waals surface area contributed by atoms with Gasteiger partial charge in [0, 0.05) is 11.5 Å². The van der Waals surface area contributed by atoms with Crippen LogP contribution in [-0.4, -0.2) is 18.9 Å². The van der Waals surface area contributed by atoms with Gasteiger partial charge in [-0.3, -0.25) is 4.79 Å². The first-order valence-electron chi connectivity index (χ1n) is 5.20. The van der Waals surface area contributed by atoms with Crippen molar-refractivity contribution in [1.82, 2.24) is 0 Å². The molecule has 0 aromatic heterocycles. The fraction of sp³-hybridized carbons (Fsp3) is 0.385. The summed E-state index contributed by atoms with van der Waals surface area (Å²) in [5, 5.41) is 0. The summed E-state index contributed by atoms with van der Waals surface area (Å²) >= 11 is 0. The lowest BCUT2D eigenvalue weighted by atomic mass is 9.96. The highest BCUT2D eigenvalue weighted by atomic mass is 16.5. The third-order valence-electron chi connectivity index (χ3n) is 2.44. The van der Waals surface area contributed by atoms with Crippen LogP contribution in [0, 0.1) is 12.8 Å². The van der Waals surface area contributed by atoms with Crippen molar-refractivity contribution in [1.29, 1.82) is 0 Å². The molecule has 1 aromatic rings. The number of methoxy groups -OCH3 is 1. The largest absolute Gasteiger partial charge is 0.465 e. The molecular weight excluding hydrogens is 204 g/mol. The lowest BCUT2D eigenvalue weighted by Gasteiger charge is -2.08. The Morgan fingerprint density at radius 3 is 2.31 bits per heavy atom. The molecule has 1 rings (SSSR count). The highest BCUT2D eigenvalue weighted by Crippen LogP contribution is 2.16. The highest BCUT2D eigenvalue weighted by Gasteiger charge is 2.14. The molecule has 3 nitrogen and oxygen atoms in total. The molecule has 0 N–H and O–H groups in total. The van der Waals surface area contributed by atoms with Gasteiger partial charge in [0.15, 0.2) is 5.78 Å². The molecule has 0 aliphatic heterocycles. The van der Waals surface area contributed by atoms with Crippen LogP contribution in [0.4, 0.5) is 0 Å². The minimum absolute atomic E-state index is 0.0392. The zero-order chi connectivity index (χ0) is 12.3. The number of carbonyl (C=O) groups excluding carboxylic acids is 2. The van der Waals surface area contributed by atoms with Crippen molar-refractivity contribution in [2.45, 2.75) is 20.8 Å². The second-order valence-corrected chi connectivity index (χ2v) is 4.04.